The molecule has 0 radical (unpaired) electrons. The predicted octanol–water partition coefficient (Wildman–Crippen LogP) is 3.18. The largest absolute Gasteiger partial charge is 0.398 e. The number of benzene rings is 1. The first-order chi connectivity index (χ1) is 7.97. The minimum Gasteiger partial charge on any atom is -0.398 e. The van der Waals surface area contributed by atoms with E-state index in [1.165, 1.54) is 0 Å². The summed E-state index contributed by atoms with van der Waals surface area (Å²) in [6, 6.07) is 5.17. The van der Waals surface area contributed by atoms with Crippen LogP contribution in [0.2, 0.25) is 5.02 Å². The summed E-state index contributed by atoms with van der Waals surface area (Å²) < 4.78 is 0. The molecule has 0 spiro atoms. The van der Waals surface area contributed by atoms with E-state index in [0.717, 1.165) is 12.8 Å². The van der Waals surface area contributed by atoms with Crippen LogP contribution in [-0.4, -0.2) is 23.9 Å². The molecule has 94 valence electrons. The standard InChI is InChI=1S/C13H19ClN2O/c1-4-5-9(2)16(3)13(17)11-7-6-10(14)8-12(11)15/h6-9H,4-5,15H2,1-3H3. The number of amides is 1. The van der Waals surface area contributed by atoms with Gasteiger partial charge >= 0.3 is 0 Å². The van der Waals surface area contributed by atoms with Gasteiger partial charge in [-0.15, -0.1) is 0 Å². The Morgan fingerprint density at radius 1 is 1.53 bits per heavy atom. The zero-order valence-corrected chi connectivity index (χ0v) is 11.3. The second kappa shape index (κ2) is 5.92. The van der Waals surface area contributed by atoms with Crippen LogP contribution in [0.25, 0.3) is 0 Å². The van der Waals surface area contributed by atoms with Crippen molar-refractivity contribution in [2.24, 2.45) is 0 Å². The molecule has 0 saturated heterocycles. The van der Waals surface area contributed by atoms with Crippen molar-refractivity contribution in [2.75, 3.05) is 12.8 Å². The average Bonchev–Trinajstić information content (AvgIpc) is 2.27. The van der Waals surface area contributed by atoms with Gasteiger partial charge in [0.2, 0.25) is 0 Å². The first-order valence-electron chi connectivity index (χ1n) is 5.79. The lowest BCUT2D eigenvalue weighted by atomic mass is 10.1. The zero-order chi connectivity index (χ0) is 13.0. The van der Waals surface area contributed by atoms with E-state index >= 15 is 0 Å². The number of hydrogen-bond acceptors (Lipinski definition) is 2. The Morgan fingerprint density at radius 3 is 2.71 bits per heavy atom. The molecule has 1 amide bonds. The summed E-state index contributed by atoms with van der Waals surface area (Å²) in [6.45, 7) is 4.14. The van der Waals surface area contributed by atoms with E-state index in [2.05, 4.69) is 6.92 Å². The van der Waals surface area contributed by atoms with Crippen molar-refractivity contribution in [3.8, 4) is 0 Å². The number of rotatable bonds is 4. The van der Waals surface area contributed by atoms with Crippen LogP contribution in [-0.2, 0) is 0 Å². The Balaban J connectivity index is 2.88. The molecule has 0 aliphatic carbocycles. The van der Waals surface area contributed by atoms with E-state index in [1.807, 2.05) is 6.92 Å². The quantitative estimate of drug-likeness (QED) is 0.839. The van der Waals surface area contributed by atoms with Gasteiger partial charge in [-0.05, 0) is 31.5 Å². The molecule has 1 atom stereocenters. The lowest BCUT2D eigenvalue weighted by Crippen LogP contribution is -2.35. The number of halogens is 1. The van der Waals surface area contributed by atoms with Crippen molar-refractivity contribution >= 4 is 23.2 Å². The molecule has 0 aliphatic rings. The molecule has 4 heteroatoms. The zero-order valence-electron chi connectivity index (χ0n) is 10.5. The molecule has 17 heavy (non-hydrogen) atoms. The number of anilines is 1. The van der Waals surface area contributed by atoms with Crippen LogP contribution in [0.4, 0.5) is 5.69 Å². The summed E-state index contributed by atoms with van der Waals surface area (Å²) in [7, 11) is 1.80. The molecular weight excluding hydrogens is 236 g/mol. The molecule has 0 heterocycles. The summed E-state index contributed by atoms with van der Waals surface area (Å²) in [5, 5.41) is 0.545. The van der Waals surface area contributed by atoms with E-state index in [4.69, 9.17) is 17.3 Å². The number of nitrogens with zero attached hydrogens (tertiary/aromatic N) is 1. The van der Waals surface area contributed by atoms with Crippen molar-refractivity contribution in [3.05, 3.63) is 28.8 Å². The third-order valence-corrected chi connectivity index (χ3v) is 3.17. The second-order valence-corrected chi connectivity index (χ2v) is 4.72. The van der Waals surface area contributed by atoms with Crippen LogP contribution >= 0.6 is 11.6 Å². The topological polar surface area (TPSA) is 46.3 Å². The Labute approximate surface area is 108 Å². The summed E-state index contributed by atoms with van der Waals surface area (Å²) >= 11 is 5.81. The van der Waals surface area contributed by atoms with Gasteiger partial charge in [-0.2, -0.15) is 0 Å². The number of carbonyl (C=O) groups excluding carboxylic acids is 1. The summed E-state index contributed by atoms with van der Waals surface area (Å²) in [4.78, 5) is 13.9. The molecule has 3 nitrogen and oxygen atoms in total. The van der Waals surface area contributed by atoms with Crippen LogP contribution in [0, 0.1) is 0 Å². The van der Waals surface area contributed by atoms with Gasteiger partial charge in [0, 0.05) is 23.8 Å². The van der Waals surface area contributed by atoms with Crippen molar-refractivity contribution in [3.63, 3.8) is 0 Å². The third-order valence-electron chi connectivity index (χ3n) is 2.93. The number of hydrogen-bond donors (Lipinski definition) is 1. The average molecular weight is 255 g/mol. The highest BCUT2D eigenvalue weighted by molar-refractivity contribution is 6.31. The van der Waals surface area contributed by atoms with Gasteiger partial charge in [0.05, 0.1) is 5.56 Å². The van der Waals surface area contributed by atoms with Gasteiger partial charge in [-0.25, -0.2) is 0 Å². The Morgan fingerprint density at radius 2 is 2.18 bits per heavy atom. The van der Waals surface area contributed by atoms with Crippen LogP contribution in [0.1, 0.15) is 37.0 Å². The van der Waals surface area contributed by atoms with Crippen LogP contribution in [0.5, 0.6) is 0 Å². The molecule has 0 aliphatic heterocycles. The first kappa shape index (κ1) is 13.8. The minimum atomic E-state index is -0.0554. The lowest BCUT2D eigenvalue weighted by molar-refractivity contribution is 0.0738. The fraction of sp³-hybridized carbons (Fsp3) is 0.462. The van der Waals surface area contributed by atoms with Gasteiger partial charge in [-0.3, -0.25) is 4.79 Å². The number of nitrogens with two attached hydrogens (primary N) is 1. The Kier molecular flexibility index (Phi) is 4.82. The molecule has 1 rings (SSSR count). The molecule has 0 bridgehead atoms. The fourth-order valence-corrected chi connectivity index (χ4v) is 1.91. The highest BCUT2D eigenvalue weighted by Gasteiger charge is 2.18. The minimum absolute atomic E-state index is 0.0554. The number of nitrogen functional groups attached to an aromatic ring is 1. The Bertz CT molecular complexity index is 406. The molecule has 0 fully saturated rings. The SMILES string of the molecule is CCCC(C)N(C)C(=O)c1ccc(Cl)cc1N. The normalized spacial score (nSPS) is 12.2. The lowest BCUT2D eigenvalue weighted by Gasteiger charge is -2.25. The van der Waals surface area contributed by atoms with Crippen LogP contribution < -0.4 is 5.73 Å². The maximum atomic E-state index is 12.2. The second-order valence-electron chi connectivity index (χ2n) is 4.29. The van der Waals surface area contributed by atoms with Crippen LogP contribution in [0.3, 0.4) is 0 Å². The molecule has 1 aromatic rings. The van der Waals surface area contributed by atoms with Crippen molar-refractivity contribution in [1.29, 1.82) is 0 Å². The van der Waals surface area contributed by atoms with E-state index in [1.54, 1.807) is 30.1 Å². The van der Waals surface area contributed by atoms with Crippen molar-refractivity contribution in [1.82, 2.24) is 4.90 Å². The van der Waals surface area contributed by atoms with Gasteiger partial charge in [0.15, 0.2) is 0 Å². The Hall–Kier alpha value is -1.22. The first-order valence-corrected chi connectivity index (χ1v) is 6.17. The maximum Gasteiger partial charge on any atom is 0.255 e. The van der Waals surface area contributed by atoms with E-state index in [9.17, 15) is 4.79 Å². The van der Waals surface area contributed by atoms with Crippen LogP contribution in [0.15, 0.2) is 18.2 Å². The highest BCUT2D eigenvalue weighted by atomic mass is 35.5. The molecule has 0 saturated carbocycles. The van der Waals surface area contributed by atoms with Crippen molar-refractivity contribution in [2.45, 2.75) is 32.7 Å². The van der Waals surface area contributed by atoms with Gasteiger partial charge in [0.25, 0.3) is 5.91 Å². The summed E-state index contributed by atoms with van der Waals surface area (Å²) in [5.41, 5.74) is 6.74. The summed E-state index contributed by atoms with van der Waals surface area (Å²) in [6.07, 6.45) is 2.03. The van der Waals surface area contributed by atoms with Gasteiger partial charge in [0.1, 0.15) is 0 Å². The van der Waals surface area contributed by atoms with E-state index in [-0.39, 0.29) is 11.9 Å². The van der Waals surface area contributed by atoms with Crippen molar-refractivity contribution < 1.29 is 4.79 Å². The molecule has 2 N–H and O–H groups in total. The molecule has 1 unspecified atom stereocenters. The third kappa shape index (κ3) is 3.37. The fourth-order valence-electron chi connectivity index (χ4n) is 1.73. The van der Waals surface area contributed by atoms with Gasteiger partial charge < -0.3 is 10.6 Å². The number of carbonyl (C=O) groups is 1. The monoisotopic (exact) mass is 254 g/mol. The summed E-state index contributed by atoms with van der Waals surface area (Å²) in [5.74, 6) is -0.0554. The van der Waals surface area contributed by atoms with E-state index < -0.39 is 0 Å². The molecule has 0 aromatic heterocycles. The highest BCUT2D eigenvalue weighted by Crippen LogP contribution is 2.20. The van der Waals surface area contributed by atoms with E-state index in [0.29, 0.717) is 16.3 Å². The predicted molar refractivity (Wildman–Crippen MR) is 72.3 cm³/mol. The molecular formula is C13H19ClN2O. The maximum absolute atomic E-state index is 12.2. The smallest absolute Gasteiger partial charge is 0.255 e. The van der Waals surface area contributed by atoms with Gasteiger partial charge in [-0.1, -0.05) is 24.9 Å². The molecule has 1 aromatic carbocycles.